The lowest BCUT2D eigenvalue weighted by Crippen LogP contribution is -2.53. The normalized spacial score (nSPS) is 24.8. The lowest BCUT2D eigenvalue weighted by Gasteiger charge is -2.48. The minimum atomic E-state index is -0.217. The van der Waals surface area contributed by atoms with Gasteiger partial charge in [0.1, 0.15) is 0 Å². The molecule has 3 nitrogen and oxygen atoms in total. The number of ether oxygens (including phenoxy) is 1. The van der Waals surface area contributed by atoms with Crippen molar-refractivity contribution in [2.45, 2.75) is 24.8 Å². The van der Waals surface area contributed by atoms with Gasteiger partial charge < -0.3 is 9.64 Å². The van der Waals surface area contributed by atoms with Crippen LogP contribution in [0.5, 0.6) is 0 Å². The molecule has 1 saturated heterocycles. The Labute approximate surface area is 148 Å². The van der Waals surface area contributed by atoms with Crippen molar-refractivity contribution in [2.75, 3.05) is 13.7 Å². The van der Waals surface area contributed by atoms with Crippen LogP contribution in [0.1, 0.15) is 23.5 Å². The van der Waals surface area contributed by atoms with Crippen LogP contribution in [-0.4, -0.2) is 30.7 Å². The molecule has 3 atom stereocenters. The summed E-state index contributed by atoms with van der Waals surface area (Å²) < 4.78 is 5.04. The maximum Gasteiger partial charge on any atom is 0.410 e. The summed E-state index contributed by atoms with van der Waals surface area (Å²) in [4.78, 5) is 14.2. The number of amides is 1. The van der Waals surface area contributed by atoms with Gasteiger partial charge in [-0.05, 0) is 29.9 Å². The Hall–Kier alpha value is -2.55. The summed E-state index contributed by atoms with van der Waals surface area (Å²) in [7, 11) is 1.47. The van der Waals surface area contributed by atoms with Crippen molar-refractivity contribution in [3.63, 3.8) is 0 Å². The van der Waals surface area contributed by atoms with Crippen LogP contribution in [0.25, 0.3) is 0 Å². The van der Waals surface area contributed by atoms with E-state index < -0.39 is 0 Å². The van der Waals surface area contributed by atoms with Crippen molar-refractivity contribution in [3.8, 4) is 0 Å². The molecule has 128 valence electrons. The van der Waals surface area contributed by atoms with Crippen LogP contribution in [0.3, 0.4) is 0 Å². The van der Waals surface area contributed by atoms with Crippen LogP contribution >= 0.6 is 0 Å². The number of fused-ring (bicyclic) bond motifs is 2. The quantitative estimate of drug-likeness (QED) is 0.779. The highest BCUT2D eigenvalue weighted by Gasteiger charge is 2.43. The summed E-state index contributed by atoms with van der Waals surface area (Å²) in [5, 5.41) is 0. The van der Waals surface area contributed by atoms with E-state index in [0.717, 1.165) is 19.4 Å². The van der Waals surface area contributed by atoms with Gasteiger partial charge >= 0.3 is 6.09 Å². The van der Waals surface area contributed by atoms with Crippen molar-refractivity contribution in [1.29, 1.82) is 0 Å². The van der Waals surface area contributed by atoms with Crippen molar-refractivity contribution in [1.82, 2.24) is 4.90 Å². The Morgan fingerprint density at radius 1 is 1.08 bits per heavy atom. The maximum atomic E-state index is 12.3. The minimum absolute atomic E-state index is 0.0820. The van der Waals surface area contributed by atoms with Crippen LogP contribution in [-0.2, 0) is 11.2 Å². The van der Waals surface area contributed by atoms with E-state index in [2.05, 4.69) is 60.7 Å². The molecule has 0 unspecified atom stereocenters. The molecule has 2 aromatic carbocycles. The van der Waals surface area contributed by atoms with Gasteiger partial charge in [-0.15, -0.1) is 0 Å². The second-order valence-electron chi connectivity index (χ2n) is 6.97. The van der Waals surface area contributed by atoms with Gasteiger partial charge in [-0.1, -0.05) is 72.3 Å². The molecular formula is C22H23NO2. The predicted octanol–water partition coefficient (Wildman–Crippen LogP) is 4.41. The molecule has 0 N–H and O–H groups in total. The third kappa shape index (κ3) is 3.07. The highest BCUT2D eigenvalue weighted by Crippen LogP contribution is 2.44. The minimum Gasteiger partial charge on any atom is -0.453 e. The first-order valence-corrected chi connectivity index (χ1v) is 8.90. The maximum absolute atomic E-state index is 12.3. The second kappa shape index (κ2) is 6.75. The number of hydrogen-bond donors (Lipinski definition) is 0. The fourth-order valence-electron chi connectivity index (χ4n) is 4.31. The topological polar surface area (TPSA) is 29.5 Å². The van der Waals surface area contributed by atoms with Gasteiger partial charge in [0.05, 0.1) is 13.2 Å². The smallest absolute Gasteiger partial charge is 0.410 e. The van der Waals surface area contributed by atoms with Crippen LogP contribution < -0.4 is 0 Å². The third-order valence-electron chi connectivity index (χ3n) is 5.52. The molecule has 0 radical (unpaired) electrons. The summed E-state index contributed by atoms with van der Waals surface area (Å²) >= 11 is 0. The van der Waals surface area contributed by atoms with Gasteiger partial charge in [-0.2, -0.15) is 0 Å². The van der Waals surface area contributed by atoms with Gasteiger partial charge in [0.25, 0.3) is 0 Å². The zero-order chi connectivity index (χ0) is 17.2. The largest absolute Gasteiger partial charge is 0.453 e. The number of benzene rings is 2. The van der Waals surface area contributed by atoms with Crippen LogP contribution in [0.15, 0.2) is 72.3 Å². The number of carbonyl (C=O) groups excluding carboxylic acids is 1. The van der Waals surface area contributed by atoms with E-state index in [-0.39, 0.29) is 12.1 Å². The Morgan fingerprint density at radius 3 is 2.40 bits per heavy atom. The summed E-state index contributed by atoms with van der Waals surface area (Å²) in [5.74, 6) is 0.744. The Kier molecular flexibility index (Phi) is 4.31. The average Bonchev–Trinajstić information content (AvgIpc) is 2.69. The molecule has 2 aromatic rings. The molecule has 5 rings (SSSR count). The summed E-state index contributed by atoms with van der Waals surface area (Å²) in [5.41, 5.74) is 4.10. The Bertz CT molecular complexity index is 769. The fraction of sp³-hybridized carbons (Fsp3) is 0.318. The molecule has 25 heavy (non-hydrogen) atoms. The molecule has 1 amide bonds. The monoisotopic (exact) mass is 333 g/mol. The van der Waals surface area contributed by atoms with E-state index in [1.54, 1.807) is 0 Å². The number of methoxy groups -OCH3 is 1. The predicted molar refractivity (Wildman–Crippen MR) is 98.4 cm³/mol. The SMILES string of the molecule is COC(=O)N1C[C@H]2C[C@@H](c3ccccc3)[C@@H]1C=C2Cc1ccccc1. The highest BCUT2D eigenvalue weighted by atomic mass is 16.5. The molecule has 3 aliphatic rings. The van der Waals surface area contributed by atoms with Gasteiger partial charge in [0.15, 0.2) is 0 Å². The molecule has 0 saturated carbocycles. The average molecular weight is 333 g/mol. The van der Waals surface area contributed by atoms with Crippen molar-refractivity contribution in [3.05, 3.63) is 83.4 Å². The highest BCUT2D eigenvalue weighted by molar-refractivity contribution is 5.69. The van der Waals surface area contributed by atoms with E-state index in [1.807, 2.05) is 11.0 Å². The number of rotatable bonds is 3. The molecule has 0 spiro atoms. The van der Waals surface area contributed by atoms with E-state index in [9.17, 15) is 4.79 Å². The summed E-state index contributed by atoms with van der Waals surface area (Å²) in [6.45, 7) is 0.763. The van der Waals surface area contributed by atoms with Crippen molar-refractivity contribution >= 4 is 6.09 Å². The van der Waals surface area contributed by atoms with Crippen molar-refractivity contribution < 1.29 is 9.53 Å². The van der Waals surface area contributed by atoms with Crippen LogP contribution in [0.2, 0.25) is 0 Å². The summed E-state index contributed by atoms with van der Waals surface area (Å²) in [6.07, 6.45) is 4.17. The lowest BCUT2D eigenvalue weighted by atomic mass is 9.69. The first-order chi connectivity index (χ1) is 12.3. The van der Waals surface area contributed by atoms with Crippen molar-refractivity contribution in [2.24, 2.45) is 5.92 Å². The molecule has 2 heterocycles. The van der Waals surface area contributed by atoms with Crippen LogP contribution in [0.4, 0.5) is 4.79 Å². The van der Waals surface area contributed by atoms with Gasteiger partial charge in [0, 0.05) is 12.5 Å². The van der Waals surface area contributed by atoms with Gasteiger partial charge in [-0.3, -0.25) is 0 Å². The molecule has 1 aliphatic carbocycles. The van der Waals surface area contributed by atoms with E-state index >= 15 is 0 Å². The van der Waals surface area contributed by atoms with Gasteiger partial charge in [0.2, 0.25) is 0 Å². The lowest BCUT2D eigenvalue weighted by molar-refractivity contribution is 0.0735. The third-order valence-corrected chi connectivity index (χ3v) is 5.52. The number of carbonyl (C=O) groups is 1. The number of nitrogens with zero attached hydrogens (tertiary/aromatic N) is 1. The molecule has 0 aromatic heterocycles. The second-order valence-corrected chi connectivity index (χ2v) is 6.97. The standard InChI is InChI=1S/C22H23NO2/c1-25-22(24)23-15-19-13-20(17-10-6-3-7-11-17)21(23)14-18(19)12-16-8-4-2-5-9-16/h2-11,14,19-21H,12-13,15H2,1H3/t19-,20+,21+/m1/s1. The van der Waals surface area contributed by atoms with E-state index in [0.29, 0.717) is 11.8 Å². The molecule has 2 bridgehead atoms. The fourth-order valence-corrected chi connectivity index (χ4v) is 4.31. The Morgan fingerprint density at radius 2 is 1.76 bits per heavy atom. The first-order valence-electron chi connectivity index (χ1n) is 8.90. The number of hydrogen-bond acceptors (Lipinski definition) is 2. The Balaban J connectivity index is 1.65. The van der Waals surface area contributed by atoms with E-state index in [4.69, 9.17) is 4.74 Å². The molecule has 3 heteroatoms. The molecule has 2 aliphatic heterocycles. The summed E-state index contributed by atoms with van der Waals surface area (Å²) in [6, 6.07) is 21.2. The first kappa shape index (κ1) is 15.9. The molecular weight excluding hydrogens is 310 g/mol. The zero-order valence-electron chi connectivity index (χ0n) is 14.5. The van der Waals surface area contributed by atoms with Gasteiger partial charge in [-0.25, -0.2) is 4.79 Å². The zero-order valence-corrected chi connectivity index (χ0v) is 14.5. The van der Waals surface area contributed by atoms with E-state index in [1.165, 1.54) is 23.8 Å². The number of piperidine rings is 1. The molecule has 1 fully saturated rings. The van der Waals surface area contributed by atoms with Crippen LogP contribution in [0, 0.1) is 5.92 Å².